The van der Waals surface area contributed by atoms with Gasteiger partial charge < -0.3 is 5.11 Å². The first-order chi connectivity index (χ1) is 6.13. The molecule has 0 aliphatic rings. The molecule has 0 fully saturated rings. The van der Waals surface area contributed by atoms with E-state index < -0.39 is 5.97 Å². The third-order valence-corrected chi connectivity index (χ3v) is 1.84. The van der Waals surface area contributed by atoms with Gasteiger partial charge in [0.1, 0.15) is 4.49 Å². The van der Waals surface area contributed by atoms with E-state index in [1.165, 1.54) is 0 Å². The van der Waals surface area contributed by atoms with Crippen LogP contribution in [0.25, 0.3) is 5.57 Å². The lowest BCUT2D eigenvalue weighted by Gasteiger charge is -2.01. The molecule has 0 atom stereocenters. The minimum atomic E-state index is -1.13. The number of aliphatic carboxylic acids is 1. The number of rotatable bonds is 2. The maximum absolute atomic E-state index is 10.7. The van der Waals surface area contributed by atoms with Crippen molar-refractivity contribution in [3.63, 3.8) is 0 Å². The highest BCUT2D eigenvalue weighted by atomic mass is 35.5. The molecule has 0 heterocycles. The van der Waals surface area contributed by atoms with Crippen LogP contribution in [-0.4, -0.2) is 11.1 Å². The average molecular weight is 217 g/mol. The van der Waals surface area contributed by atoms with Crippen molar-refractivity contribution in [2.45, 2.75) is 0 Å². The Kier molecular flexibility index (Phi) is 3.34. The van der Waals surface area contributed by atoms with Gasteiger partial charge in [-0.2, -0.15) is 0 Å². The Bertz CT molecular complexity index is 340. The molecule has 0 amide bonds. The first-order valence-electron chi connectivity index (χ1n) is 3.47. The van der Waals surface area contributed by atoms with Gasteiger partial charge in [-0.15, -0.1) is 0 Å². The van der Waals surface area contributed by atoms with Crippen LogP contribution in [0.3, 0.4) is 0 Å². The highest BCUT2D eigenvalue weighted by molar-refractivity contribution is 6.61. The maximum atomic E-state index is 10.7. The van der Waals surface area contributed by atoms with Gasteiger partial charge in [-0.3, -0.25) is 0 Å². The Labute approximate surface area is 85.4 Å². The minimum Gasteiger partial charge on any atom is -0.478 e. The predicted octanol–water partition coefficient (Wildman–Crippen LogP) is 2.92. The Balaban J connectivity index is 3.20. The number of hydrogen-bond acceptors (Lipinski definition) is 1. The summed E-state index contributed by atoms with van der Waals surface area (Å²) in [5.41, 5.74) is 0.416. The zero-order valence-electron chi connectivity index (χ0n) is 6.50. The molecule has 0 aliphatic carbocycles. The van der Waals surface area contributed by atoms with Gasteiger partial charge in [0.25, 0.3) is 0 Å². The number of benzene rings is 1. The van der Waals surface area contributed by atoms with E-state index in [0.29, 0.717) is 5.56 Å². The summed E-state index contributed by atoms with van der Waals surface area (Å²) in [6.45, 7) is 0. The van der Waals surface area contributed by atoms with Crippen molar-refractivity contribution in [3.8, 4) is 0 Å². The number of carbonyl (C=O) groups is 1. The van der Waals surface area contributed by atoms with E-state index >= 15 is 0 Å². The highest BCUT2D eigenvalue weighted by Gasteiger charge is 2.13. The second-order valence-electron chi connectivity index (χ2n) is 2.31. The first kappa shape index (κ1) is 10.1. The Morgan fingerprint density at radius 1 is 1.15 bits per heavy atom. The number of carboxylic acid groups (broad SMARTS) is 1. The molecule has 0 saturated heterocycles. The van der Waals surface area contributed by atoms with Gasteiger partial charge in [-0.25, -0.2) is 4.79 Å². The molecule has 0 bridgehead atoms. The van der Waals surface area contributed by atoms with E-state index in [1.54, 1.807) is 30.3 Å². The van der Waals surface area contributed by atoms with Crippen LogP contribution in [0.1, 0.15) is 5.56 Å². The van der Waals surface area contributed by atoms with Gasteiger partial charge in [-0.05, 0) is 5.56 Å². The van der Waals surface area contributed by atoms with Gasteiger partial charge in [0, 0.05) is 0 Å². The molecule has 0 saturated carbocycles. The Morgan fingerprint density at radius 3 is 2.08 bits per heavy atom. The van der Waals surface area contributed by atoms with Crippen LogP contribution in [-0.2, 0) is 4.79 Å². The van der Waals surface area contributed by atoms with Crippen molar-refractivity contribution in [2.24, 2.45) is 0 Å². The van der Waals surface area contributed by atoms with Gasteiger partial charge in [0.2, 0.25) is 0 Å². The summed E-state index contributed by atoms with van der Waals surface area (Å²) in [6, 6.07) is 8.48. The maximum Gasteiger partial charge on any atom is 0.338 e. The van der Waals surface area contributed by atoms with Gasteiger partial charge >= 0.3 is 5.97 Å². The van der Waals surface area contributed by atoms with Crippen LogP contribution in [0.15, 0.2) is 34.8 Å². The normalized spacial score (nSPS) is 9.38. The monoisotopic (exact) mass is 216 g/mol. The molecule has 2 nitrogen and oxygen atoms in total. The van der Waals surface area contributed by atoms with Crippen LogP contribution in [0, 0.1) is 0 Å². The standard InChI is InChI=1S/C9H6Cl2O2/c10-8(11)7(9(12)13)6-4-2-1-3-5-6/h1-5H,(H,12,13). The molecule has 1 aromatic carbocycles. The number of halogens is 2. The van der Waals surface area contributed by atoms with Crippen molar-refractivity contribution < 1.29 is 9.90 Å². The molecule has 1 rings (SSSR count). The lowest BCUT2D eigenvalue weighted by molar-refractivity contribution is -0.130. The van der Waals surface area contributed by atoms with Crippen LogP contribution < -0.4 is 0 Å². The molecule has 0 unspecified atom stereocenters. The fourth-order valence-electron chi connectivity index (χ4n) is 0.918. The van der Waals surface area contributed by atoms with E-state index in [1.807, 2.05) is 0 Å². The van der Waals surface area contributed by atoms with Crippen molar-refractivity contribution in [1.82, 2.24) is 0 Å². The van der Waals surface area contributed by atoms with Crippen molar-refractivity contribution in [2.75, 3.05) is 0 Å². The Hall–Kier alpha value is -0.990. The van der Waals surface area contributed by atoms with Crippen LogP contribution >= 0.6 is 23.2 Å². The molecule has 68 valence electrons. The van der Waals surface area contributed by atoms with Gasteiger partial charge in [0.15, 0.2) is 0 Å². The summed E-state index contributed by atoms with van der Waals surface area (Å²) in [4.78, 5) is 10.7. The second-order valence-corrected chi connectivity index (χ2v) is 3.26. The smallest absolute Gasteiger partial charge is 0.338 e. The predicted molar refractivity (Wildman–Crippen MR) is 52.7 cm³/mol. The molecule has 1 N–H and O–H groups in total. The number of hydrogen-bond donors (Lipinski definition) is 1. The third-order valence-electron chi connectivity index (χ3n) is 1.47. The van der Waals surface area contributed by atoms with E-state index in [-0.39, 0.29) is 10.1 Å². The molecular formula is C9H6Cl2O2. The third kappa shape index (κ3) is 2.47. The van der Waals surface area contributed by atoms with Gasteiger partial charge in [0.05, 0.1) is 5.57 Å². The molecule has 4 heteroatoms. The zero-order valence-corrected chi connectivity index (χ0v) is 8.01. The molecule has 0 radical (unpaired) electrons. The minimum absolute atomic E-state index is 0.0797. The second kappa shape index (κ2) is 4.30. The molecule has 0 spiro atoms. The number of carboxylic acids is 1. The topological polar surface area (TPSA) is 37.3 Å². The van der Waals surface area contributed by atoms with Crippen LogP contribution in [0.5, 0.6) is 0 Å². The lowest BCUT2D eigenvalue weighted by Crippen LogP contribution is -1.99. The van der Waals surface area contributed by atoms with Crippen LogP contribution in [0.4, 0.5) is 0 Å². The van der Waals surface area contributed by atoms with E-state index in [9.17, 15) is 4.79 Å². The summed E-state index contributed by atoms with van der Waals surface area (Å²) >= 11 is 10.9. The summed E-state index contributed by atoms with van der Waals surface area (Å²) in [5.74, 6) is -1.13. The van der Waals surface area contributed by atoms with Crippen molar-refractivity contribution in [1.29, 1.82) is 0 Å². The molecule has 13 heavy (non-hydrogen) atoms. The Morgan fingerprint density at radius 2 is 1.69 bits per heavy atom. The molecule has 0 aromatic heterocycles. The largest absolute Gasteiger partial charge is 0.478 e. The fraction of sp³-hybridized carbons (Fsp3) is 0. The highest BCUT2D eigenvalue weighted by Crippen LogP contribution is 2.24. The first-order valence-corrected chi connectivity index (χ1v) is 4.22. The summed E-state index contributed by atoms with van der Waals surface area (Å²) in [5, 5.41) is 8.77. The zero-order chi connectivity index (χ0) is 9.84. The SMILES string of the molecule is O=C(O)C(=C(Cl)Cl)c1ccccc1. The van der Waals surface area contributed by atoms with Crippen LogP contribution in [0.2, 0.25) is 0 Å². The molecule has 0 aliphatic heterocycles. The fourth-order valence-corrected chi connectivity index (χ4v) is 1.30. The summed E-state index contributed by atoms with van der Waals surface area (Å²) in [7, 11) is 0. The van der Waals surface area contributed by atoms with Crippen molar-refractivity contribution >= 4 is 34.7 Å². The van der Waals surface area contributed by atoms with Gasteiger partial charge in [-0.1, -0.05) is 53.5 Å². The summed E-state index contributed by atoms with van der Waals surface area (Å²) in [6.07, 6.45) is 0. The quantitative estimate of drug-likeness (QED) is 0.773. The average Bonchev–Trinajstić information content (AvgIpc) is 2.04. The van der Waals surface area contributed by atoms with E-state index in [4.69, 9.17) is 28.3 Å². The molecule has 1 aromatic rings. The molecular weight excluding hydrogens is 211 g/mol. The van der Waals surface area contributed by atoms with Crippen molar-refractivity contribution in [3.05, 3.63) is 40.4 Å². The van der Waals surface area contributed by atoms with E-state index in [2.05, 4.69) is 0 Å². The van der Waals surface area contributed by atoms with E-state index in [0.717, 1.165) is 0 Å². The summed E-state index contributed by atoms with van der Waals surface area (Å²) < 4.78 is -0.237. The lowest BCUT2D eigenvalue weighted by atomic mass is 10.1.